The zero-order valence-electron chi connectivity index (χ0n) is 10.7. The van der Waals surface area contributed by atoms with Crippen LogP contribution in [0.3, 0.4) is 0 Å². The molecule has 0 spiro atoms. The number of para-hydroxylation sites is 1. The Balaban J connectivity index is 2.23. The van der Waals surface area contributed by atoms with Crippen molar-refractivity contribution in [2.75, 3.05) is 13.7 Å². The Morgan fingerprint density at radius 1 is 1.11 bits per heavy atom. The third kappa shape index (κ3) is 1.74. The third-order valence-corrected chi connectivity index (χ3v) is 3.33. The van der Waals surface area contributed by atoms with Crippen molar-refractivity contribution in [3.8, 4) is 22.6 Å². The van der Waals surface area contributed by atoms with E-state index in [0.29, 0.717) is 0 Å². The highest BCUT2D eigenvalue weighted by atomic mass is 16.5. The van der Waals surface area contributed by atoms with E-state index in [1.165, 1.54) is 11.1 Å². The summed E-state index contributed by atoms with van der Waals surface area (Å²) in [5.41, 5.74) is 4.80. The molecular formula is C16H16O2. The lowest BCUT2D eigenvalue weighted by Crippen LogP contribution is -1.92. The second-order valence-electron chi connectivity index (χ2n) is 4.60. The average molecular weight is 240 g/mol. The molecule has 18 heavy (non-hydrogen) atoms. The van der Waals surface area contributed by atoms with Crippen LogP contribution in [0.4, 0.5) is 0 Å². The van der Waals surface area contributed by atoms with E-state index < -0.39 is 0 Å². The normalized spacial score (nSPS) is 13.0. The van der Waals surface area contributed by atoms with E-state index in [1.54, 1.807) is 7.11 Å². The molecule has 1 aliphatic rings. The topological polar surface area (TPSA) is 18.5 Å². The fraction of sp³-hybridized carbons (Fsp3) is 0.250. The molecule has 0 bridgehead atoms. The molecule has 2 aromatic carbocycles. The maximum absolute atomic E-state index is 5.78. The van der Waals surface area contributed by atoms with E-state index in [0.717, 1.165) is 35.7 Å². The van der Waals surface area contributed by atoms with Crippen molar-refractivity contribution in [3.63, 3.8) is 0 Å². The molecule has 0 atom stereocenters. The number of aryl methyl sites for hydroxylation is 1. The highest BCUT2D eigenvalue weighted by molar-refractivity contribution is 5.78. The molecule has 0 unspecified atom stereocenters. The molecular weight excluding hydrogens is 224 g/mol. The quantitative estimate of drug-likeness (QED) is 0.798. The monoisotopic (exact) mass is 240 g/mol. The van der Waals surface area contributed by atoms with Crippen LogP contribution in [0.5, 0.6) is 11.5 Å². The maximum Gasteiger partial charge on any atom is 0.130 e. The molecule has 2 aromatic rings. The van der Waals surface area contributed by atoms with Crippen LogP contribution in [0.15, 0.2) is 36.4 Å². The van der Waals surface area contributed by atoms with Gasteiger partial charge in [-0.3, -0.25) is 0 Å². The van der Waals surface area contributed by atoms with Crippen LogP contribution < -0.4 is 9.47 Å². The first kappa shape index (κ1) is 11.1. The van der Waals surface area contributed by atoms with Crippen LogP contribution in [0.2, 0.25) is 0 Å². The van der Waals surface area contributed by atoms with Crippen LogP contribution in [0, 0.1) is 6.92 Å². The summed E-state index contributed by atoms with van der Waals surface area (Å²) in [5.74, 6) is 1.91. The van der Waals surface area contributed by atoms with Gasteiger partial charge in [-0.05, 0) is 30.2 Å². The van der Waals surface area contributed by atoms with Gasteiger partial charge in [-0.15, -0.1) is 0 Å². The first-order valence-electron chi connectivity index (χ1n) is 6.19. The van der Waals surface area contributed by atoms with Gasteiger partial charge in [0, 0.05) is 17.5 Å². The first-order valence-corrected chi connectivity index (χ1v) is 6.19. The Morgan fingerprint density at radius 3 is 2.78 bits per heavy atom. The van der Waals surface area contributed by atoms with E-state index in [-0.39, 0.29) is 0 Å². The molecule has 0 radical (unpaired) electrons. The molecule has 1 aliphatic heterocycles. The SMILES string of the molecule is COc1ccccc1-c1cc(C)cc2c1OCC2. The van der Waals surface area contributed by atoms with Gasteiger partial charge < -0.3 is 9.47 Å². The zero-order chi connectivity index (χ0) is 12.5. The molecule has 0 saturated carbocycles. The lowest BCUT2D eigenvalue weighted by Gasteiger charge is -2.13. The number of ether oxygens (including phenoxy) is 2. The molecule has 0 aromatic heterocycles. The van der Waals surface area contributed by atoms with Crippen molar-refractivity contribution in [2.45, 2.75) is 13.3 Å². The minimum Gasteiger partial charge on any atom is -0.496 e. The molecule has 2 nitrogen and oxygen atoms in total. The van der Waals surface area contributed by atoms with Gasteiger partial charge in [-0.1, -0.05) is 24.3 Å². The Kier molecular flexibility index (Phi) is 2.71. The van der Waals surface area contributed by atoms with Gasteiger partial charge in [-0.25, -0.2) is 0 Å². The van der Waals surface area contributed by atoms with Gasteiger partial charge in [0.15, 0.2) is 0 Å². The number of methoxy groups -OCH3 is 1. The zero-order valence-corrected chi connectivity index (χ0v) is 10.7. The molecule has 0 aliphatic carbocycles. The largest absolute Gasteiger partial charge is 0.496 e. The summed E-state index contributed by atoms with van der Waals surface area (Å²) < 4.78 is 11.2. The summed E-state index contributed by atoms with van der Waals surface area (Å²) in [4.78, 5) is 0. The lowest BCUT2D eigenvalue weighted by atomic mass is 9.98. The highest BCUT2D eigenvalue weighted by Gasteiger charge is 2.19. The molecule has 3 rings (SSSR count). The second kappa shape index (κ2) is 4.37. The van der Waals surface area contributed by atoms with Crippen LogP contribution in [0.1, 0.15) is 11.1 Å². The summed E-state index contributed by atoms with van der Waals surface area (Å²) in [6.07, 6.45) is 0.999. The molecule has 92 valence electrons. The number of benzene rings is 2. The van der Waals surface area contributed by atoms with Crippen molar-refractivity contribution in [1.29, 1.82) is 0 Å². The summed E-state index contributed by atoms with van der Waals surface area (Å²) in [6.45, 7) is 2.90. The third-order valence-electron chi connectivity index (χ3n) is 3.33. The predicted octanol–water partition coefficient (Wildman–Crippen LogP) is 3.61. The van der Waals surface area contributed by atoms with Gasteiger partial charge in [-0.2, -0.15) is 0 Å². The minimum absolute atomic E-state index is 0.779. The predicted molar refractivity (Wildman–Crippen MR) is 72.4 cm³/mol. The van der Waals surface area contributed by atoms with Crippen LogP contribution in [-0.2, 0) is 6.42 Å². The molecule has 0 saturated heterocycles. The van der Waals surface area contributed by atoms with Gasteiger partial charge in [0.1, 0.15) is 11.5 Å². The Bertz CT molecular complexity index is 588. The van der Waals surface area contributed by atoms with Gasteiger partial charge in [0.25, 0.3) is 0 Å². The van der Waals surface area contributed by atoms with Crippen LogP contribution in [-0.4, -0.2) is 13.7 Å². The standard InChI is InChI=1S/C16H16O2/c1-11-9-12-7-8-18-16(12)14(10-11)13-5-3-4-6-15(13)17-2/h3-6,9-10H,7-8H2,1-2H3. The number of fused-ring (bicyclic) bond motifs is 1. The van der Waals surface area contributed by atoms with E-state index in [4.69, 9.17) is 9.47 Å². The maximum atomic E-state index is 5.78. The fourth-order valence-electron chi connectivity index (χ4n) is 2.53. The average Bonchev–Trinajstić information content (AvgIpc) is 2.85. The van der Waals surface area contributed by atoms with E-state index >= 15 is 0 Å². The second-order valence-corrected chi connectivity index (χ2v) is 4.60. The van der Waals surface area contributed by atoms with Crippen LogP contribution in [0.25, 0.3) is 11.1 Å². The lowest BCUT2D eigenvalue weighted by molar-refractivity contribution is 0.357. The number of hydrogen-bond acceptors (Lipinski definition) is 2. The molecule has 0 fully saturated rings. The molecule has 2 heteroatoms. The Labute approximate surface area is 107 Å². The van der Waals surface area contributed by atoms with E-state index in [9.17, 15) is 0 Å². The van der Waals surface area contributed by atoms with Crippen molar-refractivity contribution < 1.29 is 9.47 Å². The minimum atomic E-state index is 0.779. The Morgan fingerprint density at radius 2 is 1.94 bits per heavy atom. The van der Waals surface area contributed by atoms with Crippen molar-refractivity contribution in [1.82, 2.24) is 0 Å². The molecule has 0 amide bonds. The number of rotatable bonds is 2. The van der Waals surface area contributed by atoms with Crippen molar-refractivity contribution >= 4 is 0 Å². The summed E-state index contributed by atoms with van der Waals surface area (Å²) in [7, 11) is 1.70. The molecule has 1 heterocycles. The summed E-state index contributed by atoms with van der Waals surface area (Å²) >= 11 is 0. The van der Waals surface area contributed by atoms with E-state index in [2.05, 4.69) is 25.1 Å². The van der Waals surface area contributed by atoms with Gasteiger partial charge in [0.05, 0.1) is 13.7 Å². The fourth-order valence-corrected chi connectivity index (χ4v) is 2.53. The van der Waals surface area contributed by atoms with Gasteiger partial charge >= 0.3 is 0 Å². The highest BCUT2D eigenvalue weighted by Crippen LogP contribution is 2.41. The summed E-state index contributed by atoms with van der Waals surface area (Å²) in [6, 6.07) is 12.5. The number of hydrogen-bond donors (Lipinski definition) is 0. The first-order chi connectivity index (χ1) is 8.79. The summed E-state index contributed by atoms with van der Waals surface area (Å²) in [5, 5.41) is 0. The van der Waals surface area contributed by atoms with Gasteiger partial charge in [0.2, 0.25) is 0 Å². The molecule has 0 N–H and O–H groups in total. The Hall–Kier alpha value is -1.96. The smallest absolute Gasteiger partial charge is 0.130 e. The van der Waals surface area contributed by atoms with E-state index in [1.807, 2.05) is 18.2 Å². The van der Waals surface area contributed by atoms with Crippen molar-refractivity contribution in [3.05, 3.63) is 47.5 Å². The van der Waals surface area contributed by atoms with Crippen LogP contribution >= 0.6 is 0 Å². The van der Waals surface area contributed by atoms with Crippen molar-refractivity contribution in [2.24, 2.45) is 0 Å².